The van der Waals surface area contributed by atoms with Gasteiger partial charge < -0.3 is 56.0 Å². The summed E-state index contributed by atoms with van der Waals surface area (Å²) in [5, 5.41) is 36.8. The van der Waals surface area contributed by atoms with Gasteiger partial charge in [-0.1, -0.05) is 65.7 Å². The van der Waals surface area contributed by atoms with Crippen molar-refractivity contribution in [1.82, 2.24) is 30.2 Å². The molecule has 3 unspecified atom stereocenters. The number of amides is 2. The number of nitrogens with zero attached hydrogens (tertiary/aromatic N) is 4. The molecule has 0 saturated carbocycles. The second-order valence-corrected chi connectivity index (χ2v) is 20.5. The normalized spacial score (nSPS) is 21.5. The van der Waals surface area contributed by atoms with Crippen molar-refractivity contribution in [2.24, 2.45) is 5.41 Å². The Labute approximate surface area is 357 Å². The number of carbonyl (C=O) groups excluding carboxylic acids is 2. The molecule has 8 atom stereocenters. The van der Waals surface area contributed by atoms with Gasteiger partial charge in [-0.25, -0.2) is 28.6 Å². The number of nitrogens with one attached hydrogen (secondary N) is 2. The van der Waals surface area contributed by atoms with Gasteiger partial charge in [-0.05, 0) is 18.6 Å². The number of phosphoric ester groups is 3. The minimum absolute atomic E-state index is 0.0363. The van der Waals surface area contributed by atoms with Gasteiger partial charge in [0.1, 0.15) is 36.3 Å². The molecule has 61 heavy (non-hydrogen) atoms. The first-order valence-corrected chi connectivity index (χ1v) is 25.4. The molecule has 2 aromatic heterocycles. The van der Waals surface area contributed by atoms with E-state index in [4.69, 9.17) is 19.5 Å². The van der Waals surface area contributed by atoms with E-state index in [1.807, 2.05) is 0 Å². The van der Waals surface area contributed by atoms with Gasteiger partial charge in [-0.3, -0.25) is 27.7 Å². The molecule has 3 heterocycles. The van der Waals surface area contributed by atoms with Crippen molar-refractivity contribution in [3.8, 4) is 0 Å². The van der Waals surface area contributed by atoms with Crippen LogP contribution in [0.3, 0.4) is 0 Å². The summed E-state index contributed by atoms with van der Waals surface area (Å²) < 4.78 is 62.3. The van der Waals surface area contributed by atoms with Crippen LogP contribution in [-0.4, -0.2) is 135 Å². The van der Waals surface area contributed by atoms with Crippen LogP contribution >= 0.6 is 35.2 Å². The van der Waals surface area contributed by atoms with E-state index in [9.17, 15) is 58.2 Å². The maximum atomic E-state index is 12.7. The van der Waals surface area contributed by atoms with Crippen LogP contribution in [0.2, 0.25) is 0 Å². The van der Waals surface area contributed by atoms with Gasteiger partial charge in [-0.15, -0.1) is 0 Å². The maximum Gasteiger partial charge on any atom is 0.481 e. The summed E-state index contributed by atoms with van der Waals surface area (Å²) in [5.41, 5.74) is 4.30. The van der Waals surface area contributed by atoms with Gasteiger partial charge in [-0.2, -0.15) is 16.1 Å². The Morgan fingerprint density at radius 3 is 2.31 bits per heavy atom. The summed E-state index contributed by atoms with van der Waals surface area (Å²) >= 11 is 1.61. The molecule has 11 N–H and O–H groups in total. The number of phosphoric acid groups is 3. The van der Waals surface area contributed by atoms with Crippen molar-refractivity contribution in [3.63, 3.8) is 0 Å². The molecule has 1 saturated heterocycles. The number of thioether (sulfide) groups is 1. The smallest absolute Gasteiger partial charge is 0.393 e. The third kappa shape index (κ3) is 18.5. The minimum atomic E-state index is -5.56. The largest absolute Gasteiger partial charge is 0.481 e. The molecule has 1 aliphatic heterocycles. The van der Waals surface area contributed by atoms with Gasteiger partial charge >= 0.3 is 23.5 Å². The summed E-state index contributed by atoms with van der Waals surface area (Å²) in [6.45, 7) is 2.98. The molecule has 1 fully saturated rings. The van der Waals surface area contributed by atoms with Crippen LogP contribution < -0.4 is 16.4 Å². The van der Waals surface area contributed by atoms with Crippen LogP contribution in [0, 0.1) is 5.41 Å². The average Bonchev–Trinajstić information content (AvgIpc) is 3.73. The van der Waals surface area contributed by atoms with Gasteiger partial charge in [0, 0.05) is 30.7 Å². The molecule has 0 aromatic carbocycles. The number of fused-ring (bicyclic) bond motifs is 1. The molecule has 350 valence electrons. The maximum absolute atomic E-state index is 12.7. The predicted molar refractivity (Wildman–Crippen MR) is 220 cm³/mol. The zero-order valence-corrected chi connectivity index (χ0v) is 37.8. The van der Waals surface area contributed by atoms with E-state index in [0.29, 0.717) is 18.7 Å². The molecular weight excluding hydrogens is 891 g/mol. The van der Waals surface area contributed by atoms with Crippen molar-refractivity contribution in [1.29, 1.82) is 0 Å². The molecule has 0 radical (unpaired) electrons. The van der Waals surface area contributed by atoms with Crippen LogP contribution in [0.1, 0.15) is 91.2 Å². The summed E-state index contributed by atoms with van der Waals surface area (Å²) in [5.74, 6) is 0.0652. The number of nitrogens with two attached hydrogens (primary N) is 1. The zero-order chi connectivity index (χ0) is 45.4. The van der Waals surface area contributed by atoms with E-state index in [0.717, 1.165) is 42.2 Å². The van der Waals surface area contributed by atoms with Gasteiger partial charge in [0.25, 0.3) is 0 Å². The van der Waals surface area contributed by atoms with Crippen LogP contribution in [0.25, 0.3) is 11.2 Å². The van der Waals surface area contributed by atoms with Crippen molar-refractivity contribution < 1.29 is 80.8 Å². The lowest BCUT2D eigenvalue weighted by Crippen LogP contribution is -2.46. The number of ether oxygens (including phenoxy) is 1. The first-order valence-electron chi connectivity index (χ1n) is 19.7. The molecule has 2 aromatic rings. The van der Waals surface area contributed by atoms with Crippen LogP contribution in [0.5, 0.6) is 0 Å². The average molecular weight is 952 g/mol. The van der Waals surface area contributed by atoms with Crippen molar-refractivity contribution >= 4 is 64.0 Å². The summed E-state index contributed by atoms with van der Waals surface area (Å²) in [7, 11) is -16.4. The molecule has 28 heteroatoms. The first kappa shape index (κ1) is 53.2. The Balaban J connectivity index is 1.38. The summed E-state index contributed by atoms with van der Waals surface area (Å²) in [6, 6.07) is 0. The Morgan fingerprint density at radius 2 is 1.62 bits per heavy atom. The predicted octanol–water partition coefficient (Wildman–Crippen LogP) is 2.03. The van der Waals surface area contributed by atoms with E-state index < -0.39 is 78.6 Å². The number of aliphatic hydroxyl groups is 3. The lowest BCUT2D eigenvalue weighted by atomic mass is 9.87. The quantitative estimate of drug-likeness (QED) is 0.0395. The highest BCUT2D eigenvalue weighted by Gasteiger charge is 2.50. The Kier molecular flexibility index (Phi) is 21.6. The Bertz CT molecular complexity index is 1840. The van der Waals surface area contributed by atoms with Crippen molar-refractivity contribution in [2.45, 2.75) is 122 Å². The van der Waals surface area contributed by atoms with Crippen molar-refractivity contribution in [3.05, 3.63) is 12.7 Å². The highest BCUT2D eigenvalue weighted by Crippen LogP contribution is 2.61. The highest BCUT2D eigenvalue weighted by atomic mass is 32.2. The Hall–Kier alpha value is -2.15. The van der Waals surface area contributed by atoms with Crippen molar-refractivity contribution in [2.75, 3.05) is 43.5 Å². The second kappa shape index (κ2) is 24.8. The van der Waals surface area contributed by atoms with E-state index in [1.54, 1.807) is 11.8 Å². The molecule has 0 aliphatic carbocycles. The number of nitrogen functional groups attached to an aromatic ring is 1. The Morgan fingerprint density at radius 1 is 0.951 bits per heavy atom. The van der Waals surface area contributed by atoms with E-state index in [1.165, 1.54) is 46.0 Å². The first-order chi connectivity index (χ1) is 28.6. The van der Waals surface area contributed by atoms with E-state index in [-0.39, 0.29) is 42.0 Å². The lowest BCUT2D eigenvalue weighted by Gasteiger charge is -2.30. The minimum Gasteiger partial charge on any atom is -0.393 e. The number of carbonyl (C=O) groups is 2. The standard InChI is InChI=1S/C33H60N7O17P3S/c1-4-5-6-7-8-9-10-11-22(41)13-16-61-17-15-35-24(42)12-14-36-31(45)28(44)33(2,3)19-54-60(51,52)57-59(49,50)53-18-23-27(56-58(46,47)48)26(43)32(55-23)40-21-39-25-29(34)37-20-38-30(25)40/h20-23,26-28,32,41,43-44H,4-19H2,1-3H3,(H,35,42)(H,36,45)(H,49,50)(H,51,52)(H2,34,37,38)(H2,46,47,48)/t22-,23+,26+,27+,28?,32+/m0/s1. The number of anilines is 1. The van der Waals surface area contributed by atoms with Crippen LogP contribution in [0.4, 0.5) is 5.82 Å². The lowest BCUT2D eigenvalue weighted by molar-refractivity contribution is -0.137. The number of rotatable bonds is 30. The third-order valence-electron chi connectivity index (χ3n) is 9.38. The fourth-order valence-corrected chi connectivity index (χ4v) is 9.72. The molecule has 1 aliphatic rings. The number of aromatic nitrogens is 4. The number of hydrogen-bond donors (Lipinski definition) is 10. The monoisotopic (exact) mass is 951 g/mol. The van der Waals surface area contributed by atoms with Crippen LogP contribution in [-0.2, 0) is 45.9 Å². The molecule has 0 bridgehead atoms. The van der Waals surface area contributed by atoms with E-state index >= 15 is 0 Å². The number of unbranched alkanes of at least 4 members (excludes halogenated alkanes) is 6. The second-order valence-electron chi connectivity index (χ2n) is 15.0. The fraction of sp³-hybridized carbons (Fsp3) is 0.788. The number of hydrogen-bond acceptors (Lipinski definition) is 18. The highest BCUT2D eigenvalue weighted by molar-refractivity contribution is 7.99. The molecular formula is C33H60N7O17P3S. The SMILES string of the molecule is CCCCCCCCC[C@H](O)CCSCCNC(=O)CCNC(=O)C(O)C(C)(C)COP(=O)(O)OP(=O)(O)OC[C@H]1O[C@@H](n2cnc3c(N)ncnc32)[C@H](O)[C@@H]1OP(=O)(O)O. The number of aliphatic hydroxyl groups excluding tert-OH is 3. The zero-order valence-electron chi connectivity index (χ0n) is 34.3. The summed E-state index contributed by atoms with van der Waals surface area (Å²) in [6.07, 6.45) is 2.68. The van der Waals surface area contributed by atoms with Gasteiger partial charge in [0.2, 0.25) is 11.8 Å². The van der Waals surface area contributed by atoms with Gasteiger partial charge in [0.15, 0.2) is 17.7 Å². The number of imidazole rings is 1. The topological polar surface area (TPSA) is 367 Å². The fourth-order valence-electron chi connectivity index (χ4n) is 6.01. The summed E-state index contributed by atoms with van der Waals surface area (Å²) in [4.78, 5) is 75.9. The van der Waals surface area contributed by atoms with E-state index in [2.05, 4.69) is 41.3 Å². The molecule has 2 amide bonds. The third-order valence-corrected chi connectivity index (χ3v) is 13.5. The van der Waals surface area contributed by atoms with Crippen LogP contribution in [0.15, 0.2) is 12.7 Å². The molecule has 24 nitrogen and oxygen atoms in total. The molecule has 3 rings (SSSR count). The van der Waals surface area contributed by atoms with Gasteiger partial charge in [0.05, 0.1) is 25.6 Å². The molecule has 0 spiro atoms.